The van der Waals surface area contributed by atoms with Gasteiger partial charge < -0.3 is 15.4 Å². The molecule has 5 nitrogen and oxygen atoms in total. The van der Waals surface area contributed by atoms with Gasteiger partial charge in [-0.3, -0.25) is 9.69 Å². The van der Waals surface area contributed by atoms with E-state index >= 15 is 0 Å². The summed E-state index contributed by atoms with van der Waals surface area (Å²) in [4.78, 5) is 14.5. The Morgan fingerprint density at radius 3 is 2.28 bits per heavy atom. The molecule has 1 aliphatic heterocycles. The van der Waals surface area contributed by atoms with Crippen LogP contribution in [-0.2, 0) is 9.53 Å². The number of halogens is 2. The molecular formula is C18H31Cl2N3O2. The molecule has 7 heteroatoms. The molecule has 144 valence electrons. The zero-order valence-corrected chi connectivity index (χ0v) is 17.1. The Morgan fingerprint density at radius 1 is 1.16 bits per heavy atom. The van der Waals surface area contributed by atoms with E-state index in [1.807, 2.05) is 30.3 Å². The highest BCUT2D eigenvalue weighted by Gasteiger charge is 2.33. The quantitative estimate of drug-likeness (QED) is 0.782. The molecule has 2 unspecified atom stereocenters. The summed E-state index contributed by atoms with van der Waals surface area (Å²) < 4.78 is 5.79. The van der Waals surface area contributed by atoms with Gasteiger partial charge in [0.1, 0.15) is 0 Å². The number of anilines is 1. The lowest BCUT2D eigenvalue weighted by Crippen LogP contribution is -2.59. The topological polar surface area (TPSA) is 53.6 Å². The highest BCUT2D eigenvalue weighted by Crippen LogP contribution is 2.20. The van der Waals surface area contributed by atoms with Gasteiger partial charge in [-0.15, -0.1) is 24.8 Å². The minimum atomic E-state index is -0.0886. The van der Waals surface area contributed by atoms with Crippen molar-refractivity contribution in [2.75, 3.05) is 31.5 Å². The zero-order chi connectivity index (χ0) is 16.9. The van der Waals surface area contributed by atoms with Crippen LogP contribution in [0, 0.1) is 0 Å². The van der Waals surface area contributed by atoms with Crippen LogP contribution in [-0.4, -0.2) is 54.7 Å². The molecule has 0 saturated carbocycles. The number of ether oxygens (including phenoxy) is 1. The van der Waals surface area contributed by atoms with Crippen LogP contribution >= 0.6 is 24.8 Å². The van der Waals surface area contributed by atoms with Gasteiger partial charge in [0.15, 0.2) is 0 Å². The van der Waals surface area contributed by atoms with Gasteiger partial charge in [0, 0.05) is 30.9 Å². The van der Waals surface area contributed by atoms with Gasteiger partial charge in [0.2, 0.25) is 5.91 Å². The fraction of sp³-hybridized carbons (Fsp3) is 0.611. The minimum absolute atomic E-state index is 0. The van der Waals surface area contributed by atoms with Gasteiger partial charge in [-0.1, -0.05) is 18.2 Å². The third-order valence-corrected chi connectivity index (χ3v) is 4.22. The standard InChI is InChI=1S/C18H29N3O2.2ClH/c1-14-11-21(12-15(2)23-14)18(3,4)13-20-17(22)10-19-16-8-6-5-7-9-16;;/h5-9,14-15,19H,10-13H2,1-4H3,(H,20,22);2*1H. The lowest BCUT2D eigenvalue weighted by molar-refractivity contribution is -0.121. The number of carbonyl (C=O) groups excluding carboxylic acids is 1. The smallest absolute Gasteiger partial charge is 0.239 e. The lowest BCUT2D eigenvalue weighted by atomic mass is 10.00. The molecule has 2 atom stereocenters. The molecule has 1 heterocycles. The summed E-state index contributed by atoms with van der Waals surface area (Å²) in [5.41, 5.74) is 0.868. The number of hydrogen-bond acceptors (Lipinski definition) is 4. The first kappa shape index (κ1) is 24.0. The maximum absolute atomic E-state index is 12.1. The summed E-state index contributed by atoms with van der Waals surface area (Å²) in [6, 6.07) is 9.76. The van der Waals surface area contributed by atoms with Crippen molar-refractivity contribution in [1.29, 1.82) is 0 Å². The van der Waals surface area contributed by atoms with Gasteiger partial charge in [0.05, 0.1) is 18.8 Å². The molecule has 0 aromatic heterocycles. The average molecular weight is 392 g/mol. The van der Waals surface area contributed by atoms with Crippen LogP contribution in [0.4, 0.5) is 5.69 Å². The summed E-state index contributed by atoms with van der Waals surface area (Å²) >= 11 is 0. The number of hydrogen-bond donors (Lipinski definition) is 2. The van der Waals surface area contributed by atoms with E-state index in [4.69, 9.17) is 4.74 Å². The van der Waals surface area contributed by atoms with Crippen LogP contribution in [0.5, 0.6) is 0 Å². The molecule has 1 fully saturated rings. The van der Waals surface area contributed by atoms with Gasteiger partial charge in [-0.25, -0.2) is 0 Å². The van der Waals surface area contributed by atoms with E-state index in [2.05, 4.69) is 43.2 Å². The number of morpholine rings is 1. The SMILES string of the molecule is CC1CN(C(C)(C)CNC(=O)CNc2ccccc2)CC(C)O1.Cl.Cl. The summed E-state index contributed by atoms with van der Waals surface area (Å²) in [7, 11) is 0. The van der Waals surface area contributed by atoms with E-state index < -0.39 is 0 Å². The molecular weight excluding hydrogens is 361 g/mol. The van der Waals surface area contributed by atoms with Crippen LogP contribution in [0.25, 0.3) is 0 Å². The Morgan fingerprint density at radius 2 is 1.72 bits per heavy atom. The maximum Gasteiger partial charge on any atom is 0.239 e. The van der Waals surface area contributed by atoms with Crippen LogP contribution < -0.4 is 10.6 Å². The average Bonchev–Trinajstić information content (AvgIpc) is 2.51. The fourth-order valence-corrected chi connectivity index (χ4v) is 2.90. The molecule has 1 aromatic carbocycles. The maximum atomic E-state index is 12.1. The Balaban J connectivity index is 0.00000288. The molecule has 1 aliphatic rings. The first-order valence-corrected chi connectivity index (χ1v) is 8.33. The highest BCUT2D eigenvalue weighted by atomic mass is 35.5. The molecule has 2 rings (SSSR count). The van der Waals surface area contributed by atoms with Crippen LogP contribution in [0.3, 0.4) is 0 Å². The predicted molar refractivity (Wildman–Crippen MR) is 108 cm³/mol. The normalized spacial score (nSPS) is 20.8. The van der Waals surface area contributed by atoms with E-state index in [9.17, 15) is 4.79 Å². The molecule has 0 bridgehead atoms. The lowest BCUT2D eigenvalue weighted by Gasteiger charge is -2.45. The van der Waals surface area contributed by atoms with E-state index in [-0.39, 0.29) is 55.0 Å². The molecule has 0 radical (unpaired) electrons. The van der Waals surface area contributed by atoms with Gasteiger partial charge in [0.25, 0.3) is 0 Å². The van der Waals surface area contributed by atoms with Gasteiger partial charge in [-0.05, 0) is 39.8 Å². The summed E-state index contributed by atoms with van der Waals surface area (Å²) in [6.45, 7) is 11.2. The molecule has 1 amide bonds. The van der Waals surface area contributed by atoms with Crippen LogP contribution in [0.15, 0.2) is 30.3 Å². The van der Waals surface area contributed by atoms with Crippen LogP contribution in [0.1, 0.15) is 27.7 Å². The summed E-state index contributed by atoms with van der Waals surface area (Å²) in [5, 5.41) is 6.16. The Labute approximate surface area is 163 Å². The number of amides is 1. The van der Waals surface area contributed by atoms with E-state index in [1.165, 1.54) is 0 Å². The van der Waals surface area contributed by atoms with Crippen molar-refractivity contribution < 1.29 is 9.53 Å². The van der Waals surface area contributed by atoms with Crippen molar-refractivity contribution in [3.05, 3.63) is 30.3 Å². The highest BCUT2D eigenvalue weighted by molar-refractivity contribution is 5.85. The molecule has 0 spiro atoms. The third kappa shape index (κ3) is 7.82. The number of nitrogens with one attached hydrogen (secondary N) is 2. The van der Waals surface area contributed by atoms with Crippen molar-refractivity contribution in [3.63, 3.8) is 0 Å². The first-order chi connectivity index (χ1) is 10.9. The number of nitrogens with zero attached hydrogens (tertiary/aromatic N) is 1. The van der Waals surface area contributed by atoms with Crippen molar-refractivity contribution in [2.45, 2.75) is 45.4 Å². The van der Waals surface area contributed by atoms with Crippen molar-refractivity contribution in [1.82, 2.24) is 10.2 Å². The van der Waals surface area contributed by atoms with Crippen molar-refractivity contribution in [2.24, 2.45) is 0 Å². The second-order valence-electron chi connectivity index (χ2n) is 6.97. The Kier molecular flexibility index (Phi) is 10.4. The third-order valence-electron chi connectivity index (χ3n) is 4.22. The Hall–Kier alpha value is -1.01. The minimum Gasteiger partial charge on any atom is -0.376 e. The number of rotatable bonds is 6. The van der Waals surface area contributed by atoms with E-state index in [0.717, 1.165) is 18.8 Å². The van der Waals surface area contributed by atoms with Gasteiger partial charge >= 0.3 is 0 Å². The van der Waals surface area contributed by atoms with Gasteiger partial charge in [-0.2, -0.15) is 0 Å². The zero-order valence-electron chi connectivity index (χ0n) is 15.5. The molecule has 1 aromatic rings. The summed E-state index contributed by atoms with van der Waals surface area (Å²) in [5.74, 6) is 0.0104. The largest absolute Gasteiger partial charge is 0.376 e. The molecule has 1 saturated heterocycles. The fourth-order valence-electron chi connectivity index (χ4n) is 2.90. The van der Waals surface area contributed by atoms with E-state index in [1.54, 1.807) is 0 Å². The first-order valence-electron chi connectivity index (χ1n) is 8.33. The van der Waals surface area contributed by atoms with Crippen LogP contribution in [0.2, 0.25) is 0 Å². The molecule has 25 heavy (non-hydrogen) atoms. The predicted octanol–water partition coefficient (Wildman–Crippen LogP) is 2.95. The number of carbonyl (C=O) groups is 1. The second kappa shape index (κ2) is 10.9. The Bertz CT molecular complexity index is 504. The van der Waals surface area contributed by atoms with E-state index in [0.29, 0.717) is 6.54 Å². The molecule has 0 aliphatic carbocycles. The number of benzene rings is 1. The summed E-state index contributed by atoms with van der Waals surface area (Å²) in [6.07, 6.45) is 0.460. The van der Waals surface area contributed by atoms with Crippen molar-refractivity contribution >= 4 is 36.4 Å². The number of para-hydroxylation sites is 1. The monoisotopic (exact) mass is 391 g/mol. The molecule has 2 N–H and O–H groups in total. The second-order valence-corrected chi connectivity index (χ2v) is 6.97. The van der Waals surface area contributed by atoms with Crippen molar-refractivity contribution in [3.8, 4) is 0 Å².